The summed E-state index contributed by atoms with van der Waals surface area (Å²) in [6.45, 7) is 2.85. The van der Waals surface area contributed by atoms with Gasteiger partial charge in [0.25, 0.3) is 0 Å². The van der Waals surface area contributed by atoms with Gasteiger partial charge in [-0.15, -0.1) is 0 Å². The number of hydrogen-bond donors (Lipinski definition) is 3. The molecule has 1 fully saturated rings. The number of aryl methyl sites for hydroxylation is 1. The number of anilines is 2. The zero-order valence-corrected chi connectivity index (χ0v) is 20.8. The average Bonchev–Trinajstić information content (AvgIpc) is 3.14. The van der Waals surface area contributed by atoms with Crippen molar-refractivity contribution in [1.29, 1.82) is 0 Å². The van der Waals surface area contributed by atoms with Crippen molar-refractivity contribution in [1.82, 2.24) is 20.0 Å². The van der Waals surface area contributed by atoms with Crippen LogP contribution in [0.1, 0.15) is 0 Å². The van der Waals surface area contributed by atoms with Crippen molar-refractivity contribution in [2.45, 2.75) is 0 Å². The van der Waals surface area contributed by atoms with E-state index in [0.717, 1.165) is 22.3 Å². The molecule has 3 amide bonds. The Labute approximate surface area is 210 Å². The molecule has 3 N–H and O–H groups in total. The molecule has 0 bridgehead atoms. The minimum atomic E-state index is -0.380. The standard InChI is InChI=1S/C23H24BrClN6O3/c1-30-22(19(24)13-27-30)18-12-17(29-23(33)28-16-4-2-15(25)3-5-16)6-7-20(18)34-11-10-31-9-8-26-21(32)14-31/h2-7,12-13H,8-11,14H2,1H3,(H,26,32)(H2,28,29,33). The number of benzene rings is 2. The zero-order chi connectivity index (χ0) is 24.1. The van der Waals surface area contributed by atoms with Crippen molar-refractivity contribution in [3.8, 4) is 17.0 Å². The van der Waals surface area contributed by atoms with E-state index >= 15 is 0 Å². The second kappa shape index (κ2) is 10.9. The van der Waals surface area contributed by atoms with Crippen molar-refractivity contribution in [2.75, 3.05) is 43.4 Å². The summed E-state index contributed by atoms with van der Waals surface area (Å²) in [6, 6.07) is 11.9. The van der Waals surface area contributed by atoms with Gasteiger partial charge in [0, 0.05) is 48.6 Å². The number of rotatable bonds is 7. The van der Waals surface area contributed by atoms with Gasteiger partial charge >= 0.3 is 6.03 Å². The molecular formula is C23H24BrClN6O3. The summed E-state index contributed by atoms with van der Waals surface area (Å²) in [5.74, 6) is 0.674. The van der Waals surface area contributed by atoms with E-state index in [-0.39, 0.29) is 11.9 Å². The topological polar surface area (TPSA) is 101 Å². The van der Waals surface area contributed by atoms with Gasteiger partial charge in [-0.2, -0.15) is 5.10 Å². The van der Waals surface area contributed by atoms with Crippen LogP contribution in [0.2, 0.25) is 5.02 Å². The van der Waals surface area contributed by atoms with E-state index in [0.29, 0.717) is 48.4 Å². The lowest BCUT2D eigenvalue weighted by Gasteiger charge is -2.26. The van der Waals surface area contributed by atoms with E-state index in [1.807, 2.05) is 19.2 Å². The molecule has 11 heteroatoms. The molecular weight excluding hydrogens is 524 g/mol. The third-order valence-electron chi connectivity index (χ3n) is 5.27. The van der Waals surface area contributed by atoms with Gasteiger partial charge in [0.15, 0.2) is 0 Å². The first-order valence-corrected chi connectivity index (χ1v) is 11.8. The molecule has 0 aliphatic carbocycles. The third kappa shape index (κ3) is 6.07. The van der Waals surface area contributed by atoms with Crippen molar-refractivity contribution < 1.29 is 14.3 Å². The molecule has 4 rings (SSSR count). The molecule has 1 saturated heterocycles. The fourth-order valence-corrected chi connectivity index (χ4v) is 4.31. The lowest BCUT2D eigenvalue weighted by molar-refractivity contribution is -0.124. The molecule has 0 saturated carbocycles. The van der Waals surface area contributed by atoms with E-state index < -0.39 is 0 Å². The Kier molecular flexibility index (Phi) is 7.71. The van der Waals surface area contributed by atoms with Crippen LogP contribution in [0.3, 0.4) is 0 Å². The number of amides is 3. The lowest BCUT2D eigenvalue weighted by Crippen LogP contribution is -2.48. The van der Waals surface area contributed by atoms with Gasteiger partial charge < -0.3 is 20.7 Å². The Balaban J connectivity index is 1.49. The monoisotopic (exact) mass is 546 g/mol. The maximum atomic E-state index is 12.5. The second-order valence-electron chi connectivity index (χ2n) is 7.74. The quantitative estimate of drug-likeness (QED) is 0.416. The first-order chi connectivity index (χ1) is 16.4. The predicted octanol–water partition coefficient (Wildman–Crippen LogP) is 3.96. The number of hydrogen-bond acceptors (Lipinski definition) is 5. The first kappa shape index (κ1) is 24.1. The predicted molar refractivity (Wildman–Crippen MR) is 135 cm³/mol. The summed E-state index contributed by atoms with van der Waals surface area (Å²) < 4.78 is 8.64. The number of piperazine rings is 1. The highest BCUT2D eigenvalue weighted by atomic mass is 79.9. The highest BCUT2D eigenvalue weighted by molar-refractivity contribution is 9.10. The average molecular weight is 548 g/mol. The molecule has 1 aromatic heterocycles. The van der Waals surface area contributed by atoms with Crippen molar-refractivity contribution >= 4 is 50.8 Å². The Morgan fingerprint density at radius 3 is 2.65 bits per heavy atom. The second-order valence-corrected chi connectivity index (χ2v) is 9.03. The number of halogens is 2. The fourth-order valence-electron chi connectivity index (χ4n) is 3.63. The normalized spacial score (nSPS) is 13.9. The van der Waals surface area contributed by atoms with Crippen molar-refractivity contribution in [3.05, 3.63) is 58.2 Å². The zero-order valence-electron chi connectivity index (χ0n) is 18.5. The fraction of sp³-hybridized carbons (Fsp3) is 0.261. The Hall–Kier alpha value is -3.08. The highest BCUT2D eigenvalue weighted by Crippen LogP contribution is 2.36. The summed E-state index contributed by atoms with van der Waals surface area (Å²) in [5.41, 5.74) is 2.80. The number of aromatic nitrogens is 2. The SMILES string of the molecule is Cn1ncc(Br)c1-c1cc(NC(=O)Nc2ccc(Cl)cc2)ccc1OCCN1CCNC(=O)C1. The van der Waals surface area contributed by atoms with Gasteiger partial charge in [0.1, 0.15) is 12.4 Å². The van der Waals surface area contributed by atoms with Crippen LogP contribution in [0.15, 0.2) is 53.1 Å². The number of ether oxygens (including phenoxy) is 1. The van der Waals surface area contributed by atoms with Crippen molar-refractivity contribution in [2.24, 2.45) is 7.05 Å². The van der Waals surface area contributed by atoms with Crippen LogP contribution >= 0.6 is 27.5 Å². The molecule has 9 nitrogen and oxygen atoms in total. The van der Waals surface area contributed by atoms with E-state index in [1.54, 1.807) is 41.2 Å². The van der Waals surface area contributed by atoms with E-state index in [1.165, 1.54) is 0 Å². The molecule has 34 heavy (non-hydrogen) atoms. The van der Waals surface area contributed by atoms with Gasteiger partial charge in [-0.1, -0.05) is 11.6 Å². The molecule has 2 heterocycles. The minimum Gasteiger partial charge on any atom is -0.492 e. The number of carbonyl (C=O) groups is 2. The van der Waals surface area contributed by atoms with E-state index in [4.69, 9.17) is 16.3 Å². The molecule has 0 radical (unpaired) electrons. The largest absolute Gasteiger partial charge is 0.492 e. The molecule has 1 aliphatic rings. The number of nitrogens with zero attached hydrogens (tertiary/aromatic N) is 3. The van der Waals surface area contributed by atoms with Crippen LogP contribution < -0.4 is 20.7 Å². The van der Waals surface area contributed by atoms with Gasteiger partial charge in [0.05, 0.1) is 22.9 Å². The maximum absolute atomic E-state index is 12.5. The molecule has 2 aromatic carbocycles. The van der Waals surface area contributed by atoms with Gasteiger partial charge in [-0.25, -0.2) is 4.79 Å². The number of urea groups is 1. The summed E-state index contributed by atoms with van der Waals surface area (Å²) in [6.07, 6.45) is 1.71. The van der Waals surface area contributed by atoms with Crippen molar-refractivity contribution in [3.63, 3.8) is 0 Å². The molecule has 3 aromatic rings. The van der Waals surface area contributed by atoms with Gasteiger partial charge in [-0.3, -0.25) is 14.4 Å². The summed E-state index contributed by atoms with van der Waals surface area (Å²) in [5, 5.41) is 13.3. The summed E-state index contributed by atoms with van der Waals surface area (Å²) in [7, 11) is 1.84. The molecule has 1 aliphatic heterocycles. The maximum Gasteiger partial charge on any atom is 0.323 e. The highest BCUT2D eigenvalue weighted by Gasteiger charge is 2.18. The Morgan fingerprint density at radius 2 is 1.94 bits per heavy atom. The Bertz CT molecular complexity index is 1160. The molecule has 0 spiro atoms. The smallest absolute Gasteiger partial charge is 0.323 e. The summed E-state index contributed by atoms with van der Waals surface area (Å²) >= 11 is 9.45. The third-order valence-corrected chi connectivity index (χ3v) is 6.10. The van der Waals surface area contributed by atoms with Crippen LogP contribution in [-0.4, -0.2) is 59.4 Å². The molecule has 178 valence electrons. The van der Waals surface area contributed by atoms with Crippen LogP contribution in [0.4, 0.5) is 16.2 Å². The van der Waals surface area contributed by atoms with Gasteiger partial charge in [-0.05, 0) is 58.4 Å². The first-order valence-electron chi connectivity index (χ1n) is 10.7. The summed E-state index contributed by atoms with van der Waals surface area (Å²) in [4.78, 5) is 26.1. The number of nitrogens with one attached hydrogen (secondary N) is 3. The van der Waals surface area contributed by atoms with Crippen LogP contribution in [0.5, 0.6) is 5.75 Å². The van der Waals surface area contributed by atoms with Crippen LogP contribution in [0, 0.1) is 0 Å². The lowest BCUT2D eigenvalue weighted by atomic mass is 10.1. The minimum absolute atomic E-state index is 0.0260. The molecule has 0 atom stereocenters. The van der Waals surface area contributed by atoms with E-state index in [9.17, 15) is 9.59 Å². The number of carbonyl (C=O) groups excluding carboxylic acids is 2. The molecule has 0 unspecified atom stereocenters. The van der Waals surface area contributed by atoms with Crippen LogP contribution in [-0.2, 0) is 11.8 Å². The Morgan fingerprint density at radius 1 is 1.21 bits per heavy atom. The van der Waals surface area contributed by atoms with E-state index in [2.05, 4.69) is 41.9 Å². The van der Waals surface area contributed by atoms with Gasteiger partial charge in [0.2, 0.25) is 5.91 Å². The van der Waals surface area contributed by atoms with Crippen LogP contribution in [0.25, 0.3) is 11.3 Å².